The number of rotatable bonds is 8. The lowest BCUT2D eigenvalue weighted by atomic mass is 10.1. The number of aromatic nitrogens is 1. The second-order valence-corrected chi connectivity index (χ2v) is 6.17. The van der Waals surface area contributed by atoms with Crippen molar-refractivity contribution in [3.8, 4) is 11.8 Å². The Bertz CT molecular complexity index is 912. The second kappa shape index (κ2) is 9.37. The maximum absolute atomic E-state index is 11.9. The van der Waals surface area contributed by atoms with E-state index < -0.39 is 18.4 Å². The largest absolute Gasteiger partial charge is 0.489 e. The van der Waals surface area contributed by atoms with E-state index in [0.717, 1.165) is 11.3 Å². The SMILES string of the molecule is C/C(N)=C(\C#N)C(=O)COC(=O)Cc1ccc(OCc2c(C)noc2C)cc1. The summed E-state index contributed by atoms with van der Waals surface area (Å²) in [5.41, 5.74) is 7.72. The standard InChI is InChI=1S/C20H21N3O5/c1-12(22)17(9-21)19(24)11-27-20(25)8-15-4-6-16(7-5-15)26-10-18-13(2)23-28-14(18)3/h4-7H,8,10-11,22H2,1-3H3/b17-12-. The third-order valence-electron chi connectivity index (χ3n) is 3.99. The van der Waals surface area contributed by atoms with Crippen LogP contribution >= 0.6 is 0 Å². The van der Waals surface area contributed by atoms with Gasteiger partial charge in [-0.05, 0) is 38.5 Å². The number of nitriles is 1. The highest BCUT2D eigenvalue weighted by Gasteiger charge is 2.15. The van der Waals surface area contributed by atoms with Crippen molar-refractivity contribution in [1.82, 2.24) is 5.16 Å². The van der Waals surface area contributed by atoms with Gasteiger partial charge in [0, 0.05) is 5.70 Å². The summed E-state index contributed by atoms with van der Waals surface area (Å²) in [6.07, 6.45) is -0.00929. The number of hydrogen-bond acceptors (Lipinski definition) is 8. The number of esters is 1. The summed E-state index contributed by atoms with van der Waals surface area (Å²) in [6.45, 7) is 4.92. The number of aryl methyl sites for hydroxylation is 2. The molecule has 146 valence electrons. The van der Waals surface area contributed by atoms with Gasteiger partial charge in [0.25, 0.3) is 0 Å². The summed E-state index contributed by atoms with van der Waals surface area (Å²) in [5.74, 6) is 0.142. The zero-order valence-corrected chi connectivity index (χ0v) is 15.9. The van der Waals surface area contributed by atoms with Gasteiger partial charge < -0.3 is 19.7 Å². The molecule has 0 saturated carbocycles. The Labute approximate surface area is 162 Å². The summed E-state index contributed by atoms with van der Waals surface area (Å²) >= 11 is 0. The molecular formula is C20H21N3O5. The zero-order valence-electron chi connectivity index (χ0n) is 15.9. The Morgan fingerprint density at radius 2 is 1.93 bits per heavy atom. The number of ketones is 1. The number of Topliss-reactive ketones (excluding diaryl/α,β-unsaturated/α-hetero) is 1. The van der Waals surface area contributed by atoms with Crippen molar-refractivity contribution in [2.45, 2.75) is 33.8 Å². The van der Waals surface area contributed by atoms with Crippen LogP contribution in [0.25, 0.3) is 0 Å². The number of hydrogen-bond donors (Lipinski definition) is 1. The molecule has 1 heterocycles. The maximum Gasteiger partial charge on any atom is 0.310 e. The minimum Gasteiger partial charge on any atom is -0.489 e. The normalized spacial score (nSPS) is 11.4. The molecule has 0 fully saturated rings. The fourth-order valence-electron chi connectivity index (χ4n) is 2.37. The molecule has 0 bridgehead atoms. The van der Waals surface area contributed by atoms with Gasteiger partial charge in [0.05, 0.1) is 17.7 Å². The molecule has 1 aromatic heterocycles. The third kappa shape index (κ3) is 5.45. The molecule has 2 rings (SSSR count). The van der Waals surface area contributed by atoms with E-state index in [4.69, 9.17) is 25.0 Å². The molecule has 0 aliphatic carbocycles. The van der Waals surface area contributed by atoms with Gasteiger partial charge in [-0.2, -0.15) is 5.26 Å². The van der Waals surface area contributed by atoms with Crippen molar-refractivity contribution < 1.29 is 23.6 Å². The third-order valence-corrected chi connectivity index (χ3v) is 3.99. The highest BCUT2D eigenvalue weighted by atomic mass is 16.5. The van der Waals surface area contributed by atoms with Crippen molar-refractivity contribution in [2.24, 2.45) is 5.73 Å². The Morgan fingerprint density at radius 3 is 2.46 bits per heavy atom. The van der Waals surface area contributed by atoms with Crippen molar-refractivity contribution >= 4 is 11.8 Å². The van der Waals surface area contributed by atoms with Gasteiger partial charge >= 0.3 is 5.97 Å². The lowest BCUT2D eigenvalue weighted by molar-refractivity contribution is -0.146. The van der Waals surface area contributed by atoms with Gasteiger partial charge in [-0.25, -0.2) is 0 Å². The lowest BCUT2D eigenvalue weighted by Crippen LogP contribution is -2.18. The van der Waals surface area contributed by atoms with Crippen LogP contribution in [-0.2, 0) is 27.4 Å². The van der Waals surface area contributed by atoms with Crippen LogP contribution in [0, 0.1) is 25.2 Å². The Kier molecular flexibility index (Phi) is 6.93. The van der Waals surface area contributed by atoms with Crippen LogP contribution < -0.4 is 10.5 Å². The van der Waals surface area contributed by atoms with Crippen LogP contribution in [0.1, 0.15) is 29.5 Å². The van der Waals surface area contributed by atoms with E-state index in [2.05, 4.69) is 5.16 Å². The second-order valence-electron chi connectivity index (χ2n) is 6.17. The van der Waals surface area contributed by atoms with Crippen LogP contribution in [0.5, 0.6) is 5.75 Å². The number of carbonyl (C=O) groups excluding carboxylic acids is 2. The molecule has 1 aromatic carbocycles. The van der Waals surface area contributed by atoms with Crippen LogP contribution in [-0.4, -0.2) is 23.5 Å². The van der Waals surface area contributed by atoms with E-state index in [9.17, 15) is 9.59 Å². The fourth-order valence-corrected chi connectivity index (χ4v) is 2.37. The summed E-state index contributed by atoms with van der Waals surface area (Å²) in [5, 5.41) is 12.7. The number of benzene rings is 1. The summed E-state index contributed by atoms with van der Waals surface area (Å²) < 4.78 is 15.7. The molecule has 28 heavy (non-hydrogen) atoms. The molecule has 0 atom stereocenters. The monoisotopic (exact) mass is 383 g/mol. The van der Waals surface area contributed by atoms with Gasteiger partial charge in [0.1, 0.15) is 29.8 Å². The van der Waals surface area contributed by atoms with E-state index in [1.165, 1.54) is 6.92 Å². The van der Waals surface area contributed by atoms with Crippen molar-refractivity contribution in [2.75, 3.05) is 6.61 Å². The van der Waals surface area contributed by atoms with Crippen molar-refractivity contribution in [3.63, 3.8) is 0 Å². The topological polar surface area (TPSA) is 128 Å². The molecule has 2 N–H and O–H groups in total. The summed E-state index contributed by atoms with van der Waals surface area (Å²) in [6, 6.07) is 8.64. The number of allylic oxidation sites excluding steroid dienone is 1. The van der Waals surface area contributed by atoms with Crippen molar-refractivity contribution in [1.29, 1.82) is 5.26 Å². The van der Waals surface area contributed by atoms with Gasteiger partial charge in [0.15, 0.2) is 6.61 Å². The van der Waals surface area contributed by atoms with Crippen LogP contribution in [0.4, 0.5) is 0 Å². The van der Waals surface area contributed by atoms with E-state index >= 15 is 0 Å². The van der Waals surface area contributed by atoms with E-state index in [1.54, 1.807) is 30.3 Å². The molecule has 0 aliphatic rings. The predicted molar refractivity (Wildman–Crippen MR) is 98.9 cm³/mol. The highest BCUT2D eigenvalue weighted by molar-refractivity contribution is 6.01. The molecule has 8 nitrogen and oxygen atoms in total. The molecule has 0 amide bonds. The minimum absolute atomic E-state index is 0.00929. The summed E-state index contributed by atoms with van der Waals surface area (Å²) in [7, 11) is 0. The first-order chi connectivity index (χ1) is 13.3. The number of ether oxygens (including phenoxy) is 2. The van der Waals surface area contributed by atoms with Gasteiger partial charge in [0.2, 0.25) is 5.78 Å². The maximum atomic E-state index is 11.9. The Balaban J connectivity index is 1.85. The first kappa shape index (κ1) is 20.7. The average Bonchev–Trinajstić information content (AvgIpc) is 2.97. The predicted octanol–water partition coefficient (Wildman–Crippen LogP) is 2.28. The molecule has 0 aliphatic heterocycles. The van der Waals surface area contributed by atoms with Gasteiger partial charge in [-0.1, -0.05) is 17.3 Å². The quantitative estimate of drug-likeness (QED) is 0.418. The average molecular weight is 383 g/mol. The molecule has 0 saturated heterocycles. The molecule has 2 aromatic rings. The summed E-state index contributed by atoms with van der Waals surface area (Å²) in [4.78, 5) is 23.7. The van der Waals surface area contributed by atoms with E-state index in [1.807, 2.05) is 13.8 Å². The van der Waals surface area contributed by atoms with Gasteiger partial charge in [-0.15, -0.1) is 0 Å². The molecule has 0 spiro atoms. The first-order valence-corrected chi connectivity index (χ1v) is 8.50. The molecular weight excluding hydrogens is 362 g/mol. The zero-order chi connectivity index (χ0) is 20.7. The number of nitrogens with zero attached hydrogens (tertiary/aromatic N) is 2. The fraction of sp³-hybridized carbons (Fsp3) is 0.300. The smallest absolute Gasteiger partial charge is 0.310 e. The van der Waals surface area contributed by atoms with E-state index in [0.29, 0.717) is 23.7 Å². The molecule has 8 heteroatoms. The Morgan fingerprint density at radius 1 is 1.25 bits per heavy atom. The first-order valence-electron chi connectivity index (χ1n) is 8.50. The molecule has 0 unspecified atom stereocenters. The van der Waals surface area contributed by atoms with Crippen molar-refractivity contribution in [3.05, 3.63) is 58.1 Å². The van der Waals surface area contributed by atoms with E-state index in [-0.39, 0.29) is 17.7 Å². The van der Waals surface area contributed by atoms with Crippen LogP contribution in [0.15, 0.2) is 40.1 Å². The van der Waals surface area contributed by atoms with Crippen LogP contribution in [0.3, 0.4) is 0 Å². The number of nitrogens with two attached hydrogens (primary N) is 1. The lowest BCUT2D eigenvalue weighted by Gasteiger charge is -2.07. The minimum atomic E-state index is -0.626. The number of carbonyl (C=O) groups is 2. The Hall–Kier alpha value is -3.60. The highest BCUT2D eigenvalue weighted by Crippen LogP contribution is 2.18. The molecule has 0 radical (unpaired) electrons. The van der Waals surface area contributed by atoms with Crippen LogP contribution in [0.2, 0.25) is 0 Å². The van der Waals surface area contributed by atoms with Gasteiger partial charge in [-0.3, -0.25) is 9.59 Å².